The fraction of sp³-hybridized carbons (Fsp3) is 0.571. The van der Waals surface area contributed by atoms with Crippen molar-refractivity contribution in [3.63, 3.8) is 0 Å². The molecule has 0 bridgehead atoms. The molecule has 0 saturated heterocycles. The van der Waals surface area contributed by atoms with Crippen LogP contribution in [0.2, 0.25) is 0 Å². The van der Waals surface area contributed by atoms with Gasteiger partial charge in [0.05, 0.1) is 0 Å². The third-order valence-electron chi connectivity index (χ3n) is 1.10. The molecule has 0 atom stereocenters. The maximum atomic E-state index is 10.3. The van der Waals surface area contributed by atoms with E-state index in [1.807, 2.05) is 13.8 Å². The zero-order valence-electron chi connectivity index (χ0n) is 6.03. The summed E-state index contributed by atoms with van der Waals surface area (Å²) >= 11 is 10.7. The Morgan fingerprint density at radius 3 is 2.30 bits per heavy atom. The summed E-state index contributed by atoms with van der Waals surface area (Å²) in [4.78, 5) is 10.3. The molecule has 0 aliphatic heterocycles. The summed E-state index contributed by atoms with van der Waals surface area (Å²) in [6.07, 6.45) is 3.09. The number of hydrogen-bond donors (Lipinski definition) is 0. The van der Waals surface area contributed by atoms with Gasteiger partial charge in [0, 0.05) is 5.41 Å². The predicted molar refractivity (Wildman–Crippen MR) is 44.3 cm³/mol. The lowest BCUT2D eigenvalue weighted by molar-refractivity contribution is -0.114. The van der Waals surface area contributed by atoms with Crippen molar-refractivity contribution in [1.29, 1.82) is 0 Å². The van der Waals surface area contributed by atoms with E-state index >= 15 is 0 Å². The lowest BCUT2D eigenvalue weighted by atomic mass is 9.92. The van der Waals surface area contributed by atoms with Gasteiger partial charge in [-0.05, 0) is 6.42 Å². The molecule has 0 radical (unpaired) electrons. The van der Waals surface area contributed by atoms with Crippen LogP contribution in [-0.2, 0) is 4.79 Å². The lowest BCUT2D eigenvalue weighted by Gasteiger charge is -2.12. The van der Waals surface area contributed by atoms with Crippen LogP contribution >= 0.6 is 23.2 Å². The van der Waals surface area contributed by atoms with Crippen LogP contribution in [0.4, 0.5) is 0 Å². The van der Waals surface area contributed by atoms with E-state index in [0.717, 1.165) is 6.29 Å². The molecule has 0 N–H and O–H groups in total. The first-order valence-corrected chi connectivity index (χ1v) is 3.71. The van der Waals surface area contributed by atoms with Gasteiger partial charge in [-0.2, -0.15) is 0 Å². The van der Waals surface area contributed by atoms with Crippen molar-refractivity contribution in [2.45, 2.75) is 20.3 Å². The molecule has 0 fully saturated rings. The largest absolute Gasteiger partial charge is 0.303 e. The number of hydrogen-bond acceptors (Lipinski definition) is 1. The van der Waals surface area contributed by atoms with Crippen molar-refractivity contribution in [2.24, 2.45) is 5.41 Å². The van der Waals surface area contributed by atoms with Crippen molar-refractivity contribution >= 4 is 29.5 Å². The molecule has 10 heavy (non-hydrogen) atoms. The van der Waals surface area contributed by atoms with Crippen LogP contribution in [0, 0.1) is 5.41 Å². The van der Waals surface area contributed by atoms with Gasteiger partial charge in [-0.15, -0.1) is 0 Å². The van der Waals surface area contributed by atoms with Crippen LogP contribution in [0.3, 0.4) is 0 Å². The summed E-state index contributed by atoms with van der Waals surface area (Å²) < 4.78 is 0.218. The van der Waals surface area contributed by atoms with Crippen LogP contribution < -0.4 is 0 Å². The highest BCUT2D eigenvalue weighted by Gasteiger charge is 2.13. The topological polar surface area (TPSA) is 17.1 Å². The summed E-state index contributed by atoms with van der Waals surface area (Å²) in [6, 6.07) is 0. The second-order valence-electron chi connectivity index (χ2n) is 2.80. The van der Waals surface area contributed by atoms with Crippen LogP contribution in [0.15, 0.2) is 10.6 Å². The first kappa shape index (κ1) is 9.99. The Morgan fingerprint density at radius 1 is 1.50 bits per heavy atom. The van der Waals surface area contributed by atoms with Gasteiger partial charge in [-0.1, -0.05) is 43.1 Å². The summed E-state index contributed by atoms with van der Waals surface area (Å²) in [5.74, 6) is 0. The molecule has 0 spiro atoms. The second kappa shape index (κ2) is 3.99. The third-order valence-corrected chi connectivity index (χ3v) is 1.41. The van der Waals surface area contributed by atoms with E-state index in [4.69, 9.17) is 23.2 Å². The monoisotopic (exact) mass is 180 g/mol. The van der Waals surface area contributed by atoms with Crippen LogP contribution in [0.5, 0.6) is 0 Å². The van der Waals surface area contributed by atoms with Gasteiger partial charge < -0.3 is 4.79 Å². The smallest absolute Gasteiger partial charge is 0.125 e. The minimum absolute atomic E-state index is 0.218. The Labute approximate surface area is 71.0 Å². The number of carbonyl (C=O) groups excluding carboxylic acids is 1. The van der Waals surface area contributed by atoms with Crippen molar-refractivity contribution in [2.75, 3.05) is 0 Å². The Morgan fingerprint density at radius 2 is 2.00 bits per heavy atom. The number of carbonyl (C=O) groups is 1. The average Bonchev–Trinajstić information content (AvgIpc) is 1.85. The third kappa shape index (κ3) is 4.83. The maximum Gasteiger partial charge on any atom is 0.125 e. The highest BCUT2D eigenvalue weighted by atomic mass is 35.5. The maximum absolute atomic E-state index is 10.3. The van der Waals surface area contributed by atoms with Gasteiger partial charge in [-0.25, -0.2) is 0 Å². The molecule has 0 aliphatic carbocycles. The van der Waals surface area contributed by atoms with Crippen LogP contribution in [-0.4, -0.2) is 6.29 Å². The molecule has 0 heterocycles. The first-order valence-electron chi connectivity index (χ1n) is 2.95. The van der Waals surface area contributed by atoms with E-state index in [0.29, 0.717) is 6.42 Å². The standard InChI is InChI=1S/C7H10Cl2O/c1-7(2,5-10)4-3-6(8)9/h3,5H,4H2,1-2H3. The van der Waals surface area contributed by atoms with Gasteiger partial charge in [0.15, 0.2) is 0 Å². The minimum Gasteiger partial charge on any atom is -0.303 e. The highest BCUT2D eigenvalue weighted by molar-refractivity contribution is 6.55. The van der Waals surface area contributed by atoms with E-state index in [1.165, 1.54) is 0 Å². The van der Waals surface area contributed by atoms with Crippen LogP contribution in [0.25, 0.3) is 0 Å². The van der Waals surface area contributed by atoms with E-state index in [-0.39, 0.29) is 9.91 Å². The molecular weight excluding hydrogens is 171 g/mol. The Hall–Kier alpha value is -0.0100. The first-order chi connectivity index (χ1) is 4.48. The Kier molecular flexibility index (Phi) is 3.99. The SMILES string of the molecule is CC(C)(C=O)CC=C(Cl)Cl. The average molecular weight is 181 g/mol. The molecule has 0 aromatic heterocycles. The molecule has 0 amide bonds. The van der Waals surface area contributed by atoms with Gasteiger partial charge in [-0.3, -0.25) is 0 Å². The fourth-order valence-electron chi connectivity index (χ4n) is 0.388. The van der Waals surface area contributed by atoms with Gasteiger partial charge in [0.2, 0.25) is 0 Å². The van der Waals surface area contributed by atoms with Gasteiger partial charge in [0.1, 0.15) is 10.8 Å². The highest BCUT2D eigenvalue weighted by Crippen LogP contribution is 2.20. The molecule has 1 nitrogen and oxygen atoms in total. The van der Waals surface area contributed by atoms with E-state index in [1.54, 1.807) is 6.08 Å². The quantitative estimate of drug-likeness (QED) is 0.611. The summed E-state index contributed by atoms with van der Waals surface area (Å²) in [6.45, 7) is 3.65. The van der Waals surface area contributed by atoms with Gasteiger partial charge in [0.25, 0.3) is 0 Å². The zero-order chi connectivity index (χ0) is 8.20. The predicted octanol–water partition coefficient (Wildman–Crippen LogP) is 2.92. The summed E-state index contributed by atoms with van der Waals surface area (Å²) in [5.41, 5.74) is -0.352. The normalized spacial score (nSPS) is 10.8. The number of aldehydes is 1. The van der Waals surface area contributed by atoms with Gasteiger partial charge >= 0.3 is 0 Å². The molecule has 0 aromatic carbocycles. The molecule has 0 saturated carbocycles. The lowest BCUT2D eigenvalue weighted by Crippen LogP contribution is -2.10. The summed E-state index contributed by atoms with van der Waals surface area (Å²) in [7, 11) is 0. The molecule has 3 heteroatoms. The molecule has 0 rings (SSSR count). The molecule has 58 valence electrons. The van der Waals surface area contributed by atoms with E-state index < -0.39 is 0 Å². The van der Waals surface area contributed by atoms with Crippen molar-refractivity contribution in [3.05, 3.63) is 10.6 Å². The second-order valence-corrected chi connectivity index (χ2v) is 3.81. The molecule has 0 unspecified atom stereocenters. The van der Waals surface area contributed by atoms with Crippen molar-refractivity contribution in [1.82, 2.24) is 0 Å². The molecular formula is C7H10Cl2O. The minimum atomic E-state index is -0.352. The Balaban J connectivity index is 3.90. The zero-order valence-corrected chi connectivity index (χ0v) is 7.54. The van der Waals surface area contributed by atoms with E-state index in [9.17, 15) is 4.79 Å². The number of rotatable bonds is 3. The number of allylic oxidation sites excluding steroid dienone is 1. The van der Waals surface area contributed by atoms with Crippen molar-refractivity contribution < 1.29 is 4.79 Å². The fourth-order valence-corrected chi connectivity index (χ4v) is 0.543. The molecule has 0 aliphatic rings. The Bertz CT molecular complexity index is 146. The number of halogens is 2. The summed E-state index contributed by atoms with van der Waals surface area (Å²) in [5, 5.41) is 0. The van der Waals surface area contributed by atoms with Crippen LogP contribution in [0.1, 0.15) is 20.3 Å². The van der Waals surface area contributed by atoms with Crippen molar-refractivity contribution in [3.8, 4) is 0 Å². The van der Waals surface area contributed by atoms with E-state index in [2.05, 4.69) is 0 Å². The molecule has 0 aromatic rings.